The topological polar surface area (TPSA) is 0 Å². The lowest BCUT2D eigenvalue weighted by atomic mass is 10.1. The Morgan fingerprint density at radius 3 is 2.44 bits per heavy atom. The fraction of sp³-hybridized carbons (Fsp3) is 0.333. The van der Waals surface area contributed by atoms with Gasteiger partial charge in [-0.25, -0.2) is 0 Å². The van der Waals surface area contributed by atoms with Gasteiger partial charge in [0.2, 0.25) is 0 Å². The molecule has 2 rings (SSSR count). The van der Waals surface area contributed by atoms with Gasteiger partial charge in [0, 0.05) is 0 Å². The molecule has 0 nitrogen and oxygen atoms in total. The van der Waals surface area contributed by atoms with Crippen LogP contribution in [0.25, 0.3) is 10.8 Å². The Kier molecular flexibility index (Phi) is 3.30. The minimum Gasteiger partial charge on any atom is -0.0839 e. The van der Waals surface area contributed by atoms with Gasteiger partial charge >= 0.3 is 0 Å². The second-order valence-corrected chi connectivity index (χ2v) is 7.03. The predicted octanol–water partition coefficient (Wildman–Crippen LogP) is 4.33. The van der Waals surface area contributed by atoms with E-state index in [4.69, 9.17) is 0 Å². The fourth-order valence-corrected chi connectivity index (χ4v) is 3.24. The summed E-state index contributed by atoms with van der Waals surface area (Å²) in [7, 11) is 0.885. The number of hydrogen-bond donors (Lipinski definition) is 0. The summed E-state index contributed by atoms with van der Waals surface area (Å²) in [6, 6.07) is 15.3. The summed E-state index contributed by atoms with van der Waals surface area (Å²) < 4.78 is 0. The predicted molar refractivity (Wildman–Crippen MR) is 76.3 cm³/mol. The molecule has 1 unspecified atom stereocenters. The zero-order valence-corrected chi connectivity index (χ0v) is 11.2. The van der Waals surface area contributed by atoms with Crippen LogP contribution in [0.2, 0.25) is 0 Å². The van der Waals surface area contributed by atoms with E-state index in [2.05, 4.69) is 63.2 Å². The van der Waals surface area contributed by atoms with Crippen molar-refractivity contribution in [3.8, 4) is 0 Å². The monoisotopic (exact) mass is 230 g/mol. The van der Waals surface area contributed by atoms with Crippen molar-refractivity contribution in [1.82, 2.24) is 0 Å². The summed E-state index contributed by atoms with van der Waals surface area (Å²) in [5.74, 6) is 0. The third-order valence-corrected chi connectivity index (χ3v) is 4.88. The third kappa shape index (κ3) is 2.44. The summed E-state index contributed by atoms with van der Waals surface area (Å²) >= 11 is 0. The zero-order chi connectivity index (χ0) is 11.6. The fourth-order valence-electron chi connectivity index (χ4n) is 1.79. The summed E-state index contributed by atoms with van der Waals surface area (Å²) in [6.45, 7) is 6.98. The maximum absolute atomic E-state index is 2.35. The largest absolute Gasteiger partial charge is 0.0839 e. The van der Waals surface area contributed by atoms with Crippen LogP contribution in [0, 0.1) is 0 Å². The minimum atomic E-state index is 0.421. The Hall–Kier alpha value is -0.870. The van der Waals surface area contributed by atoms with Crippen molar-refractivity contribution in [3.63, 3.8) is 0 Å². The van der Waals surface area contributed by atoms with Crippen LogP contribution in [0.3, 0.4) is 0 Å². The van der Waals surface area contributed by atoms with Crippen LogP contribution in [0.5, 0.6) is 0 Å². The lowest BCUT2D eigenvalue weighted by Crippen LogP contribution is -2.15. The smallest absolute Gasteiger partial charge is 0.0109 e. The first-order valence-electron chi connectivity index (χ1n) is 5.88. The number of benzene rings is 2. The van der Waals surface area contributed by atoms with Crippen LogP contribution in [-0.2, 0) is 0 Å². The second-order valence-electron chi connectivity index (χ2n) is 4.89. The first-order valence-corrected chi connectivity index (χ1v) is 6.88. The molecule has 0 aliphatic carbocycles. The molecule has 0 bridgehead atoms. The van der Waals surface area contributed by atoms with E-state index in [1.807, 2.05) is 0 Å². The van der Waals surface area contributed by atoms with Crippen LogP contribution in [0.15, 0.2) is 42.5 Å². The quantitative estimate of drug-likeness (QED) is 0.688. The molecule has 0 radical (unpaired) electrons. The van der Waals surface area contributed by atoms with E-state index in [9.17, 15) is 0 Å². The van der Waals surface area contributed by atoms with E-state index in [1.54, 1.807) is 0 Å². The molecular weight excluding hydrogens is 211 g/mol. The summed E-state index contributed by atoms with van der Waals surface area (Å²) in [5, 5.41) is 4.71. The van der Waals surface area contributed by atoms with Crippen molar-refractivity contribution in [2.45, 2.75) is 32.3 Å². The molecule has 0 fully saturated rings. The molecule has 2 aromatic carbocycles. The van der Waals surface area contributed by atoms with Gasteiger partial charge in [-0.1, -0.05) is 71.8 Å². The third-order valence-electron chi connectivity index (χ3n) is 3.15. The summed E-state index contributed by atoms with van der Waals surface area (Å²) in [5.41, 5.74) is 0. The lowest BCUT2D eigenvalue weighted by molar-refractivity contribution is 0.681. The highest BCUT2D eigenvalue weighted by molar-refractivity contribution is 7.49. The highest BCUT2D eigenvalue weighted by Gasteiger charge is 2.16. The lowest BCUT2D eigenvalue weighted by Gasteiger charge is -2.23. The van der Waals surface area contributed by atoms with Gasteiger partial charge in [-0.2, -0.15) is 0 Å². The van der Waals surface area contributed by atoms with Crippen LogP contribution in [0.1, 0.15) is 27.2 Å². The second kappa shape index (κ2) is 4.55. The van der Waals surface area contributed by atoms with Gasteiger partial charge in [0.15, 0.2) is 0 Å². The Morgan fingerprint density at radius 1 is 1.00 bits per heavy atom. The molecule has 1 heteroatoms. The molecule has 16 heavy (non-hydrogen) atoms. The van der Waals surface area contributed by atoms with Gasteiger partial charge in [-0.3, -0.25) is 0 Å². The van der Waals surface area contributed by atoms with Crippen molar-refractivity contribution in [2.75, 3.05) is 0 Å². The van der Waals surface area contributed by atoms with E-state index in [-0.39, 0.29) is 0 Å². The molecular formula is C15H19P. The Morgan fingerprint density at radius 2 is 1.69 bits per heavy atom. The maximum atomic E-state index is 2.35. The molecule has 0 aliphatic rings. The Labute approximate surface area is 99.9 Å². The molecule has 2 aromatic rings. The molecule has 0 aromatic heterocycles. The maximum Gasteiger partial charge on any atom is -0.0109 e. The van der Waals surface area contributed by atoms with Gasteiger partial charge in [0.25, 0.3) is 0 Å². The van der Waals surface area contributed by atoms with Crippen LogP contribution in [-0.4, -0.2) is 5.16 Å². The molecule has 0 heterocycles. The highest BCUT2D eigenvalue weighted by atomic mass is 31.1. The average molecular weight is 230 g/mol. The van der Waals surface area contributed by atoms with E-state index >= 15 is 0 Å². The summed E-state index contributed by atoms with van der Waals surface area (Å²) in [6.07, 6.45) is 1.23. The molecule has 0 aliphatic heterocycles. The van der Waals surface area contributed by atoms with E-state index in [1.165, 1.54) is 22.5 Å². The molecule has 0 spiro atoms. The van der Waals surface area contributed by atoms with Crippen molar-refractivity contribution in [2.24, 2.45) is 0 Å². The molecule has 1 atom stereocenters. The van der Waals surface area contributed by atoms with Crippen LogP contribution in [0.4, 0.5) is 0 Å². The van der Waals surface area contributed by atoms with E-state index in [0.717, 1.165) is 8.58 Å². The SMILES string of the molecule is CCC(C)(C)Pc1cccc2ccccc12. The van der Waals surface area contributed by atoms with Crippen LogP contribution < -0.4 is 5.30 Å². The van der Waals surface area contributed by atoms with E-state index < -0.39 is 0 Å². The van der Waals surface area contributed by atoms with Gasteiger partial charge in [0.1, 0.15) is 0 Å². The summed E-state index contributed by atoms with van der Waals surface area (Å²) in [4.78, 5) is 0. The molecule has 0 saturated heterocycles. The zero-order valence-electron chi connectivity index (χ0n) is 10.2. The van der Waals surface area contributed by atoms with Gasteiger partial charge in [-0.05, 0) is 27.7 Å². The normalized spacial score (nSPS) is 12.7. The molecule has 84 valence electrons. The van der Waals surface area contributed by atoms with Crippen molar-refractivity contribution in [3.05, 3.63) is 42.5 Å². The van der Waals surface area contributed by atoms with Gasteiger partial charge < -0.3 is 0 Å². The number of fused-ring (bicyclic) bond motifs is 1. The first kappa shape index (κ1) is 11.6. The number of rotatable bonds is 3. The molecule has 0 saturated carbocycles. The van der Waals surface area contributed by atoms with Crippen molar-refractivity contribution < 1.29 is 0 Å². The number of hydrogen-bond acceptors (Lipinski definition) is 0. The Balaban J connectivity index is 2.45. The molecule has 0 amide bonds. The van der Waals surface area contributed by atoms with E-state index in [0.29, 0.717) is 5.16 Å². The first-order chi connectivity index (χ1) is 7.62. The minimum absolute atomic E-state index is 0.421. The van der Waals surface area contributed by atoms with Crippen molar-refractivity contribution >= 4 is 24.7 Å². The standard InChI is InChI=1S/C15H19P/c1-4-15(2,3)16-14-11-7-9-12-8-5-6-10-13(12)14/h5-11,16H,4H2,1-3H3. The van der Waals surface area contributed by atoms with Gasteiger partial charge in [-0.15, -0.1) is 0 Å². The average Bonchev–Trinajstić information content (AvgIpc) is 2.29. The van der Waals surface area contributed by atoms with Crippen LogP contribution >= 0.6 is 8.58 Å². The highest BCUT2D eigenvalue weighted by Crippen LogP contribution is 2.35. The molecule has 0 N–H and O–H groups in total. The van der Waals surface area contributed by atoms with Gasteiger partial charge in [0.05, 0.1) is 0 Å². The Bertz CT molecular complexity index is 480. The van der Waals surface area contributed by atoms with Crippen molar-refractivity contribution in [1.29, 1.82) is 0 Å².